The third-order valence-electron chi connectivity index (χ3n) is 3.76. The van der Waals surface area contributed by atoms with Crippen LogP contribution in [0, 0.1) is 5.92 Å². The van der Waals surface area contributed by atoms with Gasteiger partial charge < -0.3 is 16.4 Å². The molecule has 2 aromatic rings. The van der Waals surface area contributed by atoms with Gasteiger partial charge in [-0.25, -0.2) is 0 Å². The van der Waals surface area contributed by atoms with Gasteiger partial charge in [0, 0.05) is 30.3 Å². The van der Waals surface area contributed by atoms with E-state index >= 15 is 0 Å². The summed E-state index contributed by atoms with van der Waals surface area (Å²) in [6.07, 6.45) is 0.789. The second-order valence-electron chi connectivity index (χ2n) is 5.69. The molecule has 1 unspecified atom stereocenters. The predicted octanol–water partition coefficient (Wildman–Crippen LogP) is 2.19. The van der Waals surface area contributed by atoms with Gasteiger partial charge in [0.1, 0.15) is 0 Å². The van der Waals surface area contributed by atoms with E-state index in [1.54, 1.807) is 31.2 Å². The first kappa shape index (κ1) is 17.7. The van der Waals surface area contributed by atoms with Crippen molar-refractivity contribution in [3.05, 3.63) is 65.7 Å². The number of benzene rings is 2. The SMILES string of the molecule is CC(CN)C(=O)Nc1ccc(C(=O)NCCc2ccccc2)cc1. The number of carbonyl (C=O) groups is 2. The molecule has 0 heterocycles. The Hall–Kier alpha value is -2.66. The van der Waals surface area contributed by atoms with Crippen LogP contribution in [0.25, 0.3) is 0 Å². The molecule has 4 N–H and O–H groups in total. The Balaban J connectivity index is 1.83. The van der Waals surface area contributed by atoms with Gasteiger partial charge in [0.25, 0.3) is 5.91 Å². The monoisotopic (exact) mass is 325 g/mol. The molecule has 0 spiro atoms. The van der Waals surface area contributed by atoms with Crippen LogP contribution in [0.3, 0.4) is 0 Å². The average Bonchev–Trinajstić information content (AvgIpc) is 2.62. The zero-order chi connectivity index (χ0) is 17.4. The van der Waals surface area contributed by atoms with Gasteiger partial charge in [0.15, 0.2) is 0 Å². The molecule has 5 nitrogen and oxygen atoms in total. The minimum atomic E-state index is -0.244. The summed E-state index contributed by atoms with van der Waals surface area (Å²) in [4.78, 5) is 23.9. The molecule has 0 fully saturated rings. The molecule has 5 heteroatoms. The number of nitrogens with one attached hydrogen (secondary N) is 2. The maximum absolute atomic E-state index is 12.1. The summed E-state index contributed by atoms with van der Waals surface area (Å²) in [6, 6.07) is 16.8. The number of rotatable bonds is 7. The summed E-state index contributed by atoms with van der Waals surface area (Å²) in [6.45, 7) is 2.65. The van der Waals surface area contributed by atoms with E-state index in [0.717, 1.165) is 6.42 Å². The van der Waals surface area contributed by atoms with E-state index in [1.165, 1.54) is 5.56 Å². The summed E-state index contributed by atoms with van der Waals surface area (Å²) in [5.41, 5.74) is 7.87. The Morgan fingerprint density at radius 2 is 1.71 bits per heavy atom. The van der Waals surface area contributed by atoms with Gasteiger partial charge in [0.2, 0.25) is 5.91 Å². The lowest BCUT2D eigenvalue weighted by Gasteiger charge is -2.10. The zero-order valence-corrected chi connectivity index (χ0v) is 13.8. The summed E-state index contributed by atoms with van der Waals surface area (Å²) < 4.78 is 0. The highest BCUT2D eigenvalue weighted by molar-refractivity contribution is 5.96. The molecule has 0 saturated carbocycles. The molecule has 0 aromatic heterocycles. The van der Waals surface area contributed by atoms with E-state index < -0.39 is 0 Å². The normalized spacial score (nSPS) is 11.6. The van der Waals surface area contributed by atoms with Crippen molar-refractivity contribution >= 4 is 17.5 Å². The fourth-order valence-electron chi connectivity index (χ4n) is 2.14. The molecule has 126 valence electrons. The molecule has 0 aliphatic heterocycles. The van der Waals surface area contributed by atoms with Crippen LogP contribution in [-0.4, -0.2) is 24.9 Å². The first-order valence-corrected chi connectivity index (χ1v) is 8.03. The molecule has 1 atom stereocenters. The Bertz CT molecular complexity index is 669. The third-order valence-corrected chi connectivity index (χ3v) is 3.76. The highest BCUT2D eigenvalue weighted by Gasteiger charge is 2.11. The number of anilines is 1. The van der Waals surface area contributed by atoms with Crippen molar-refractivity contribution in [2.45, 2.75) is 13.3 Å². The van der Waals surface area contributed by atoms with Crippen molar-refractivity contribution in [1.29, 1.82) is 0 Å². The fraction of sp³-hybridized carbons (Fsp3) is 0.263. The van der Waals surface area contributed by atoms with Crippen LogP contribution in [0.15, 0.2) is 54.6 Å². The molecular formula is C19H23N3O2. The molecule has 0 aliphatic rings. The molecule has 2 aromatic carbocycles. The van der Waals surface area contributed by atoms with Crippen LogP contribution in [0.1, 0.15) is 22.8 Å². The number of nitrogens with two attached hydrogens (primary N) is 1. The highest BCUT2D eigenvalue weighted by atomic mass is 16.2. The van der Waals surface area contributed by atoms with Crippen molar-refractivity contribution in [2.24, 2.45) is 11.7 Å². The van der Waals surface area contributed by atoms with E-state index in [4.69, 9.17) is 5.73 Å². The van der Waals surface area contributed by atoms with E-state index in [-0.39, 0.29) is 17.7 Å². The molecule has 0 bridgehead atoms. The fourth-order valence-corrected chi connectivity index (χ4v) is 2.14. The topological polar surface area (TPSA) is 84.2 Å². The summed E-state index contributed by atoms with van der Waals surface area (Å²) in [5.74, 6) is -0.498. The standard InChI is InChI=1S/C19H23N3O2/c1-14(13-20)18(23)22-17-9-7-16(8-10-17)19(24)21-12-11-15-5-3-2-4-6-15/h2-10,14H,11-13,20H2,1H3,(H,21,24)(H,22,23). The largest absolute Gasteiger partial charge is 0.352 e. The molecule has 2 rings (SSSR count). The lowest BCUT2D eigenvalue weighted by molar-refractivity contribution is -0.119. The van der Waals surface area contributed by atoms with Gasteiger partial charge in [-0.3, -0.25) is 9.59 Å². The maximum atomic E-state index is 12.1. The predicted molar refractivity (Wildman–Crippen MR) is 95.8 cm³/mol. The zero-order valence-electron chi connectivity index (χ0n) is 13.8. The first-order chi connectivity index (χ1) is 11.6. The number of hydrogen-bond acceptors (Lipinski definition) is 3. The lowest BCUT2D eigenvalue weighted by atomic mass is 10.1. The van der Waals surface area contributed by atoms with Crippen molar-refractivity contribution in [1.82, 2.24) is 5.32 Å². The van der Waals surface area contributed by atoms with Crippen molar-refractivity contribution in [3.63, 3.8) is 0 Å². The molecule has 24 heavy (non-hydrogen) atoms. The van der Waals surface area contributed by atoms with Crippen LogP contribution in [-0.2, 0) is 11.2 Å². The van der Waals surface area contributed by atoms with Crippen LogP contribution in [0.5, 0.6) is 0 Å². The van der Waals surface area contributed by atoms with Gasteiger partial charge in [-0.05, 0) is 36.2 Å². The second-order valence-corrected chi connectivity index (χ2v) is 5.69. The Labute approximate surface area is 142 Å². The maximum Gasteiger partial charge on any atom is 0.251 e. The van der Waals surface area contributed by atoms with E-state index in [9.17, 15) is 9.59 Å². The van der Waals surface area contributed by atoms with Crippen LogP contribution >= 0.6 is 0 Å². The molecule has 0 aliphatic carbocycles. The first-order valence-electron chi connectivity index (χ1n) is 8.03. The summed E-state index contributed by atoms with van der Waals surface area (Å²) in [7, 11) is 0. The average molecular weight is 325 g/mol. The minimum absolute atomic E-state index is 0.126. The molecule has 0 radical (unpaired) electrons. The van der Waals surface area contributed by atoms with Gasteiger partial charge in [-0.1, -0.05) is 37.3 Å². The summed E-state index contributed by atoms with van der Waals surface area (Å²) >= 11 is 0. The van der Waals surface area contributed by atoms with E-state index in [0.29, 0.717) is 24.3 Å². The minimum Gasteiger partial charge on any atom is -0.352 e. The Morgan fingerprint density at radius 1 is 1.04 bits per heavy atom. The summed E-state index contributed by atoms with van der Waals surface area (Å²) in [5, 5.41) is 5.66. The van der Waals surface area contributed by atoms with Crippen LogP contribution in [0.2, 0.25) is 0 Å². The number of hydrogen-bond donors (Lipinski definition) is 3. The Morgan fingerprint density at radius 3 is 2.33 bits per heavy atom. The molecule has 0 saturated heterocycles. The van der Waals surface area contributed by atoms with Gasteiger partial charge in [0.05, 0.1) is 0 Å². The van der Waals surface area contributed by atoms with Gasteiger partial charge >= 0.3 is 0 Å². The quantitative estimate of drug-likeness (QED) is 0.729. The smallest absolute Gasteiger partial charge is 0.251 e. The number of carbonyl (C=O) groups excluding carboxylic acids is 2. The van der Waals surface area contributed by atoms with Crippen LogP contribution in [0.4, 0.5) is 5.69 Å². The number of amides is 2. The lowest BCUT2D eigenvalue weighted by Crippen LogP contribution is -2.27. The van der Waals surface area contributed by atoms with Crippen molar-refractivity contribution in [3.8, 4) is 0 Å². The van der Waals surface area contributed by atoms with Gasteiger partial charge in [-0.15, -0.1) is 0 Å². The third kappa shape index (κ3) is 5.21. The van der Waals surface area contributed by atoms with E-state index in [1.807, 2.05) is 30.3 Å². The van der Waals surface area contributed by atoms with Crippen molar-refractivity contribution < 1.29 is 9.59 Å². The Kier molecular flexibility index (Phi) is 6.51. The molecule has 2 amide bonds. The van der Waals surface area contributed by atoms with E-state index in [2.05, 4.69) is 10.6 Å². The van der Waals surface area contributed by atoms with Gasteiger partial charge in [-0.2, -0.15) is 0 Å². The second kappa shape index (κ2) is 8.84. The molecular weight excluding hydrogens is 302 g/mol. The van der Waals surface area contributed by atoms with Crippen LogP contribution < -0.4 is 16.4 Å². The van der Waals surface area contributed by atoms with Crippen molar-refractivity contribution in [2.75, 3.05) is 18.4 Å². The highest BCUT2D eigenvalue weighted by Crippen LogP contribution is 2.11.